The van der Waals surface area contributed by atoms with E-state index in [1.807, 2.05) is 24.3 Å². The molecule has 23 heavy (non-hydrogen) atoms. The molecule has 0 aromatic heterocycles. The number of carbonyl (C=O) groups excluding carboxylic acids is 1. The van der Waals surface area contributed by atoms with Gasteiger partial charge in [-0.25, -0.2) is 0 Å². The van der Waals surface area contributed by atoms with Gasteiger partial charge in [-0.1, -0.05) is 12.1 Å². The van der Waals surface area contributed by atoms with Crippen molar-refractivity contribution in [3.8, 4) is 5.75 Å². The van der Waals surface area contributed by atoms with Crippen molar-refractivity contribution in [3.63, 3.8) is 0 Å². The molecular formula is C16H26IN3O3. The van der Waals surface area contributed by atoms with E-state index >= 15 is 0 Å². The normalized spacial score (nSPS) is 10.6. The largest absolute Gasteiger partial charge is 0.497 e. The molecule has 1 aromatic carbocycles. The maximum absolute atomic E-state index is 11.1. The Morgan fingerprint density at radius 1 is 1.30 bits per heavy atom. The van der Waals surface area contributed by atoms with Crippen LogP contribution >= 0.6 is 24.0 Å². The van der Waals surface area contributed by atoms with Crippen LogP contribution in [-0.4, -0.2) is 38.7 Å². The highest BCUT2D eigenvalue weighted by molar-refractivity contribution is 14.0. The Balaban J connectivity index is 0.00000484. The molecule has 0 aliphatic heterocycles. The van der Waals surface area contributed by atoms with Crippen LogP contribution in [0.5, 0.6) is 5.75 Å². The summed E-state index contributed by atoms with van der Waals surface area (Å²) in [7, 11) is 1.65. The Kier molecular flexibility index (Phi) is 12.1. The smallest absolute Gasteiger partial charge is 0.305 e. The van der Waals surface area contributed by atoms with Gasteiger partial charge in [-0.05, 0) is 37.5 Å². The lowest BCUT2D eigenvalue weighted by Crippen LogP contribution is -2.33. The third kappa shape index (κ3) is 9.98. The number of rotatable bonds is 9. The Labute approximate surface area is 154 Å². The van der Waals surface area contributed by atoms with Crippen molar-refractivity contribution in [3.05, 3.63) is 29.8 Å². The molecule has 130 valence electrons. The van der Waals surface area contributed by atoms with Crippen molar-refractivity contribution in [2.24, 2.45) is 10.7 Å². The summed E-state index contributed by atoms with van der Waals surface area (Å²) in [5, 5.41) is 3.05. The fourth-order valence-electron chi connectivity index (χ4n) is 1.84. The van der Waals surface area contributed by atoms with Crippen LogP contribution in [0.25, 0.3) is 0 Å². The lowest BCUT2D eigenvalue weighted by molar-refractivity contribution is -0.143. The van der Waals surface area contributed by atoms with Crippen LogP contribution in [0.2, 0.25) is 0 Å². The van der Waals surface area contributed by atoms with Gasteiger partial charge < -0.3 is 20.5 Å². The molecule has 0 fully saturated rings. The molecule has 0 saturated heterocycles. The van der Waals surface area contributed by atoms with Crippen LogP contribution in [0.1, 0.15) is 25.3 Å². The second-order valence-electron chi connectivity index (χ2n) is 4.70. The second kappa shape index (κ2) is 13.0. The fourth-order valence-corrected chi connectivity index (χ4v) is 1.84. The highest BCUT2D eigenvalue weighted by Gasteiger charge is 2.00. The number of methoxy groups -OCH3 is 1. The van der Waals surface area contributed by atoms with E-state index in [1.165, 1.54) is 5.56 Å². The zero-order valence-electron chi connectivity index (χ0n) is 13.7. The molecule has 0 atom stereocenters. The van der Waals surface area contributed by atoms with Gasteiger partial charge in [0.25, 0.3) is 0 Å². The van der Waals surface area contributed by atoms with Crippen molar-refractivity contribution >= 4 is 35.9 Å². The summed E-state index contributed by atoms with van der Waals surface area (Å²) < 4.78 is 9.95. The van der Waals surface area contributed by atoms with Gasteiger partial charge in [-0.15, -0.1) is 24.0 Å². The monoisotopic (exact) mass is 435 g/mol. The Morgan fingerprint density at radius 2 is 2.00 bits per heavy atom. The summed E-state index contributed by atoms with van der Waals surface area (Å²) in [4.78, 5) is 15.3. The average molecular weight is 435 g/mol. The maximum atomic E-state index is 11.1. The number of aliphatic imine (C=N–C) groups is 1. The third-order valence-corrected chi connectivity index (χ3v) is 3.01. The van der Waals surface area contributed by atoms with E-state index in [1.54, 1.807) is 14.0 Å². The number of guanidine groups is 1. The van der Waals surface area contributed by atoms with E-state index in [9.17, 15) is 4.79 Å². The summed E-state index contributed by atoms with van der Waals surface area (Å²) >= 11 is 0. The van der Waals surface area contributed by atoms with Gasteiger partial charge in [-0.2, -0.15) is 0 Å². The summed E-state index contributed by atoms with van der Waals surface area (Å²) in [6.07, 6.45) is 1.86. The zero-order valence-corrected chi connectivity index (χ0v) is 16.0. The van der Waals surface area contributed by atoms with E-state index in [4.69, 9.17) is 15.2 Å². The molecule has 0 radical (unpaired) electrons. The molecule has 1 aromatic rings. The van der Waals surface area contributed by atoms with E-state index in [-0.39, 0.29) is 29.9 Å². The molecule has 0 unspecified atom stereocenters. The Morgan fingerprint density at radius 3 is 2.61 bits per heavy atom. The Bertz CT molecular complexity index is 478. The van der Waals surface area contributed by atoms with Crippen LogP contribution in [0.4, 0.5) is 0 Å². The molecule has 0 aliphatic rings. The number of nitrogens with zero attached hydrogens (tertiary/aromatic N) is 1. The van der Waals surface area contributed by atoms with Gasteiger partial charge in [-0.3, -0.25) is 9.79 Å². The minimum atomic E-state index is -0.191. The molecule has 0 amide bonds. The number of nitrogens with one attached hydrogen (secondary N) is 1. The first kappa shape index (κ1) is 21.5. The summed E-state index contributed by atoms with van der Waals surface area (Å²) in [6, 6.07) is 7.91. The minimum Gasteiger partial charge on any atom is -0.497 e. The van der Waals surface area contributed by atoms with Crippen LogP contribution in [0.15, 0.2) is 29.3 Å². The van der Waals surface area contributed by atoms with E-state index in [0.717, 1.165) is 12.2 Å². The number of carbonyl (C=O) groups is 1. The van der Waals surface area contributed by atoms with Gasteiger partial charge in [0.2, 0.25) is 0 Å². The second-order valence-corrected chi connectivity index (χ2v) is 4.70. The first-order valence-corrected chi connectivity index (χ1v) is 7.48. The van der Waals surface area contributed by atoms with Crippen molar-refractivity contribution in [2.75, 3.05) is 26.8 Å². The van der Waals surface area contributed by atoms with E-state index in [2.05, 4.69) is 10.3 Å². The number of halogens is 1. The molecule has 0 saturated carbocycles. The predicted octanol–water partition coefficient (Wildman–Crippen LogP) is 2.10. The third-order valence-electron chi connectivity index (χ3n) is 3.01. The molecule has 0 spiro atoms. The average Bonchev–Trinajstić information content (AvgIpc) is 2.52. The summed E-state index contributed by atoms with van der Waals surface area (Å²) in [5.41, 5.74) is 6.96. The van der Waals surface area contributed by atoms with Crippen LogP contribution < -0.4 is 15.8 Å². The lowest BCUT2D eigenvalue weighted by atomic mass is 10.1. The number of nitrogens with two attached hydrogens (primary N) is 1. The SMILES string of the molecule is CCOC(=O)CCCN=C(N)NCCc1ccc(OC)cc1.I. The standard InChI is InChI=1S/C16H25N3O3.HI/c1-3-22-15(20)5-4-11-18-16(17)19-12-10-13-6-8-14(21-2)9-7-13;/h6-9H,3-5,10-12H2,1-2H3,(H3,17,18,19);1H. The molecule has 6 nitrogen and oxygen atoms in total. The van der Waals surface area contributed by atoms with Crippen LogP contribution in [0.3, 0.4) is 0 Å². The van der Waals surface area contributed by atoms with Crippen LogP contribution in [-0.2, 0) is 16.0 Å². The van der Waals surface area contributed by atoms with E-state index < -0.39 is 0 Å². The zero-order chi connectivity index (χ0) is 16.2. The van der Waals surface area contributed by atoms with Gasteiger partial charge in [0.05, 0.1) is 13.7 Å². The van der Waals surface area contributed by atoms with Crippen molar-refractivity contribution in [1.29, 1.82) is 0 Å². The van der Waals surface area contributed by atoms with Crippen molar-refractivity contribution in [1.82, 2.24) is 5.32 Å². The Hall–Kier alpha value is -1.51. The molecule has 0 aliphatic carbocycles. The van der Waals surface area contributed by atoms with Crippen molar-refractivity contribution in [2.45, 2.75) is 26.2 Å². The predicted molar refractivity (Wildman–Crippen MR) is 102 cm³/mol. The quantitative estimate of drug-likeness (QED) is 0.204. The van der Waals surface area contributed by atoms with Crippen LogP contribution in [0, 0.1) is 0 Å². The molecular weight excluding hydrogens is 409 g/mol. The van der Waals surface area contributed by atoms with Gasteiger partial charge in [0, 0.05) is 19.5 Å². The first-order chi connectivity index (χ1) is 10.7. The summed E-state index contributed by atoms with van der Waals surface area (Å²) in [5.74, 6) is 1.06. The van der Waals surface area contributed by atoms with E-state index in [0.29, 0.717) is 38.5 Å². The number of esters is 1. The highest BCUT2D eigenvalue weighted by atomic mass is 127. The fraction of sp³-hybridized carbons (Fsp3) is 0.500. The summed E-state index contributed by atoms with van der Waals surface area (Å²) in [6.45, 7) is 3.43. The number of ether oxygens (including phenoxy) is 2. The molecule has 3 N–H and O–H groups in total. The van der Waals surface area contributed by atoms with Gasteiger partial charge in [0.15, 0.2) is 5.96 Å². The number of hydrogen-bond acceptors (Lipinski definition) is 4. The van der Waals surface area contributed by atoms with Crippen molar-refractivity contribution < 1.29 is 14.3 Å². The van der Waals surface area contributed by atoms with Gasteiger partial charge in [0.1, 0.15) is 5.75 Å². The molecule has 1 rings (SSSR count). The topological polar surface area (TPSA) is 85.9 Å². The number of hydrogen-bond donors (Lipinski definition) is 2. The highest BCUT2D eigenvalue weighted by Crippen LogP contribution is 2.11. The number of benzene rings is 1. The minimum absolute atomic E-state index is 0. The van der Waals surface area contributed by atoms with Gasteiger partial charge >= 0.3 is 5.97 Å². The lowest BCUT2D eigenvalue weighted by Gasteiger charge is -2.06. The first-order valence-electron chi connectivity index (χ1n) is 7.48. The molecule has 7 heteroatoms. The maximum Gasteiger partial charge on any atom is 0.305 e. The molecule has 0 bridgehead atoms. The molecule has 0 heterocycles.